The first-order chi connectivity index (χ1) is 7.15. The smallest absolute Gasteiger partial charge is 0.321 e. The average molecular weight is 229 g/mol. The topological polar surface area (TPSA) is 49.3 Å². The first-order valence-corrected chi connectivity index (χ1v) is 6.78. The van der Waals surface area contributed by atoms with Crippen molar-refractivity contribution in [3.63, 3.8) is 0 Å². The van der Waals surface area contributed by atoms with E-state index in [-0.39, 0.29) is 10.9 Å². The van der Waals surface area contributed by atoms with E-state index in [0.717, 1.165) is 24.5 Å². The molecule has 2 unspecified atom stereocenters. The summed E-state index contributed by atoms with van der Waals surface area (Å²) < 4.78 is 0. The van der Waals surface area contributed by atoms with E-state index in [1.807, 2.05) is 11.8 Å². The zero-order valence-electron chi connectivity index (χ0n) is 9.16. The summed E-state index contributed by atoms with van der Waals surface area (Å²) >= 11 is 1.83. The molecule has 4 heteroatoms. The number of carbonyl (C=O) groups is 1. The minimum absolute atomic E-state index is 0.0853. The van der Waals surface area contributed by atoms with E-state index in [1.54, 1.807) is 0 Å². The van der Waals surface area contributed by atoms with E-state index < -0.39 is 5.97 Å². The third-order valence-corrected chi connectivity index (χ3v) is 5.19. The highest BCUT2D eigenvalue weighted by Gasteiger charge is 2.44. The fourth-order valence-corrected chi connectivity index (χ4v) is 4.31. The Morgan fingerprint density at radius 1 is 1.67 bits per heavy atom. The highest BCUT2D eigenvalue weighted by Crippen LogP contribution is 2.45. The van der Waals surface area contributed by atoms with Crippen molar-refractivity contribution in [3.05, 3.63) is 0 Å². The number of hydrogen-bond donors (Lipinski definition) is 2. The van der Waals surface area contributed by atoms with Gasteiger partial charge in [0.1, 0.15) is 6.04 Å². The predicted molar refractivity (Wildman–Crippen MR) is 62.0 cm³/mol. The van der Waals surface area contributed by atoms with Crippen molar-refractivity contribution in [2.75, 3.05) is 5.75 Å². The SMILES string of the molecule is CCC1CCCC2(C1)N[C@@H](C(=O)O)CS2. The standard InChI is InChI=1S/C11H19NO2S/c1-2-8-4-3-5-11(6-8)12-9(7-15-11)10(13)14/h8-9,12H,2-7H2,1H3,(H,13,14)/t8?,9-,11?/m1/s1. The number of nitrogens with one attached hydrogen (secondary N) is 1. The van der Waals surface area contributed by atoms with E-state index in [9.17, 15) is 4.79 Å². The van der Waals surface area contributed by atoms with E-state index >= 15 is 0 Å². The minimum Gasteiger partial charge on any atom is -0.480 e. The molecular formula is C11H19NO2S. The van der Waals surface area contributed by atoms with Crippen molar-refractivity contribution in [2.24, 2.45) is 5.92 Å². The van der Waals surface area contributed by atoms with Gasteiger partial charge in [-0.1, -0.05) is 26.2 Å². The van der Waals surface area contributed by atoms with E-state index in [4.69, 9.17) is 5.11 Å². The van der Waals surface area contributed by atoms with Gasteiger partial charge in [0, 0.05) is 5.75 Å². The van der Waals surface area contributed by atoms with Crippen molar-refractivity contribution in [3.8, 4) is 0 Å². The van der Waals surface area contributed by atoms with Crippen molar-refractivity contribution in [1.29, 1.82) is 0 Å². The molecule has 1 aliphatic heterocycles. The summed E-state index contributed by atoms with van der Waals surface area (Å²) in [4.78, 5) is 11.0. The molecule has 15 heavy (non-hydrogen) atoms. The lowest BCUT2D eigenvalue weighted by atomic mass is 9.83. The molecule has 0 aromatic carbocycles. The normalized spacial score (nSPS) is 40.9. The van der Waals surface area contributed by atoms with Crippen LogP contribution in [-0.4, -0.2) is 27.7 Å². The van der Waals surface area contributed by atoms with Crippen molar-refractivity contribution >= 4 is 17.7 Å². The third kappa shape index (κ3) is 2.31. The van der Waals surface area contributed by atoms with Gasteiger partial charge >= 0.3 is 5.97 Å². The van der Waals surface area contributed by atoms with Gasteiger partial charge in [-0.2, -0.15) is 0 Å². The van der Waals surface area contributed by atoms with Crippen LogP contribution in [0, 0.1) is 5.92 Å². The maximum atomic E-state index is 10.9. The molecule has 1 saturated heterocycles. The van der Waals surface area contributed by atoms with Crippen molar-refractivity contribution in [2.45, 2.75) is 49.9 Å². The molecule has 86 valence electrons. The van der Waals surface area contributed by atoms with Crippen LogP contribution >= 0.6 is 11.8 Å². The van der Waals surface area contributed by atoms with Gasteiger partial charge in [-0.15, -0.1) is 11.8 Å². The summed E-state index contributed by atoms with van der Waals surface area (Å²) in [7, 11) is 0. The summed E-state index contributed by atoms with van der Waals surface area (Å²) in [5.74, 6) is 0.815. The molecule has 3 atom stereocenters. The Hall–Kier alpha value is -0.220. The molecule has 2 fully saturated rings. The zero-order valence-corrected chi connectivity index (χ0v) is 9.98. The minimum atomic E-state index is -0.696. The molecule has 0 aromatic rings. The highest BCUT2D eigenvalue weighted by molar-refractivity contribution is 8.00. The zero-order chi connectivity index (χ0) is 10.9. The van der Waals surface area contributed by atoms with Crippen LogP contribution < -0.4 is 5.32 Å². The number of hydrogen-bond acceptors (Lipinski definition) is 3. The lowest BCUT2D eigenvalue weighted by molar-refractivity contribution is -0.139. The number of carboxylic acid groups (broad SMARTS) is 1. The van der Waals surface area contributed by atoms with Crippen LogP contribution in [0.2, 0.25) is 0 Å². The number of rotatable bonds is 2. The quantitative estimate of drug-likeness (QED) is 0.761. The molecule has 0 amide bonds. The summed E-state index contributed by atoms with van der Waals surface area (Å²) in [5, 5.41) is 12.3. The van der Waals surface area contributed by atoms with Gasteiger partial charge in [0.2, 0.25) is 0 Å². The maximum absolute atomic E-state index is 10.9. The summed E-state index contributed by atoms with van der Waals surface area (Å²) in [6, 6.07) is -0.328. The second kappa shape index (κ2) is 4.34. The first-order valence-electron chi connectivity index (χ1n) is 5.80. The van der Waals surface area contributed by atoms with Gasteiger partial charge in [-0.3, -0.25) is 10.1 Å². The Morgan fingerprint density at radius 2 is 2.47 bits per heavy atom. The van der Waals surface area contributed by atoms with Gasteiger partial charge in [0.15, 0.2) is 0 Å². The van der Waals surface area contributed by atoms with Crippen LogP contribution in [0.4, 0.5) is 0 Å². The van der Waals surface area contributed by atoms with Crippen LogP contribution in [0.15, 0.2) is 0 Å². The van der Waals surface area contributed by atoms with Crippen LogP contribution in [0.5, 0.6) is 0 Å². The molecule has 0 radical (unpaired) electrons. The molecule has 1 heterocycles. The molecule has 3 nitrogen and oxygen atoms in total. The molecular weight excluding hydrogens is 210 g/mol. The number of aliphatic carboxylic acids is 1. The number of thioether (sulfide) groups is 1. The predicted octanol–water partition coefficient (Wildman–Crippen LogP) is 2.07. The fraction of sp³-hybridized carbons (Fsp3) is 0.909. The van der Waals surface area contributed by atoms with E-state index in [2.05, 4.69) is 12.2 Å². The lowest BCUT2D eigenvalue weighted by Crippen LogP contribution is -2.47. The molecule has 1 aliphatic carbocycles. The Balaban J connectivity index is 1.99. The fourth-order valence-electron chi connectivity index (χ4n) is 2.73. The summed E-state index contributed by atoms with van der Waals surface area (Å²) in [6.45, 7) is 2.23. The van der Waals surface area contributed by atoms with Crippen molar-refractivity contribution < 1.29 is 9.90 Å². The van der Waals surface area contributed by atoms with Gasteiger partial charge in [0.25, 0.3) is 0 Å². The molecule has 2 aliphatic rings. The van der Waals surface area contributed by atoms with Crippen LogP contribution in [0.1, 0.15) is 39.0 Å². The van der Waals surface area contributed by atoms with Crippen molar-refractivity contribution in [1.82, 2.24) is 5.32 Å². The Morgan fingerprint density at radius 3 is 3.07 bits per heavy atom. The highest BCUT2D eigenvalue weighted by atomic mass is 32.2. The maximum Gasteiger partial charge on any atom is 0.321 e. The van der Waals surface area contributed by atoms with E-state index in [1.165, 1.54) is 19.3 Å². The Kier molecular flexibility index (Phi) is 3.26. The molecule has 2 N–H and O–H groups in total. The molecule has 0 aromatic heterocycles. The average Bonchev–Trinajstić information content (AvgIpc) is 2.62. The van der Waals surface area contributed by atoms with E-state index in [0.29, 0.717) is 0 Å². The molecule has 1 saturated carbocycles. The monoisotopic (exact) mass is 229 g/mol. The van der Waals surface area contributed by atoms with Gasteiger partial charge in [0.05, 0.1) is 4.87 Å². The molecule has 2 rings (SSSR count). The second-order valence-corrected chi connectivity index (χ2v) is 6.11. The second-order valence-electron chi connectivity index (χ2n) is 4.71. The summed E-state index contributed by atoms with van der Waals surface area (Å²) in [6.07, 6.45) is 6.07. The third-order valence-electron chi connectivity index (χ3n) is 3.65. The number of carboxylic acids is 1. The summed E-state index contributed by atoms with van der Waals surface area (Å²) in [5.41, 5.74) is 0. The van der Waals surface area contributed by atoms with Crippen LogP contribution in [0.25, 0.3) is 0 Å². The first kappa shape index (κ1) is 11.3. The van der Waals surface area contributed by atoms with Gasteiger partial charge in [-0.05, 0) is 18.8 Å². The van der Waals surface area contributed by atoms with Gasteiger partial charge < -0.3 is 5.11 Å². The van der Waals surface area contributed by atoms with Crippen LogP contribution in [0.3, 0.4) is 0 Å². The molecule has 0 bridgehead atoms. The van der Waals surface area contributed by atoms with Crippen LogP contribution in [-0.2, 0) is 4.79 Å². The van der Waals surface area contributed by atoms with Gasteiger partial charge in [-0.25, -0.2) is 0 Å². The Bertz CT molecular complexity index is 259. The largest absolute Gasteiger partial charge is 0.480 e. The lowest BCUT2D eigenvalue weighted by Gasteiger charge is -2.37. The molecule has 1 spiro atoms. The Labute approximate surface area is 95.0 Å².